The highest BCUT2D eigenvalue weighted by molar-refractivity contribution is 7.65. The van der Waals surface area contributed by atoms with Crippen molar-refractivity contribution in [1.29, 1.82) is 0 Å². The minimum absolute atomic E-state index is 0.449. The van der Waals surface area contributed by atoms with Crippen molar-refractivity contribution >= 4 is 53.2 Å². The molecule has 11 heteroatoms. The number of aromatic nitrogens is 5. The van der Waals surface area contributed by atoms with E-state index in [9.17, 15) is 0 Å². The Balaban J connectivity index is 1.20. The first-order valence-electron chi connectivity index (χ1n) is 14.8. The van der Waals surface area contributed by atoms with E-state index >= 15 is 0 Å². The molecule has 0 amide bonds. The van der Waals surface area contributed by atoms with Crippen molar-refractivity contribution in [3.05, 3.63) is 48.5 Å². The number of likely N-dealkylation sites (tertiary alicyclic amines) is 1. The summed E-state index contributed by atoms with van der Waals surface area (Å²) in [6, 6.07) is 8.35. The summed E-state index contributed by atoms with van der Waals surface area (Å²) >= 11 is 0. The normalized spacial score (nSPS) is 16.1. The maximum atomic E-state index is 5.86. The summed E-state index contributed by atoms with van der Waals surface area (Å²) in [5.74, 6) is 2.49. The molecular formula is C31H40N9OP. The number of nitrogens with zero attached hydrogens (tertiary/aromatic N) is 7. The van der Waals surface area contributed by atoms with Crippen molar-refractivity contribution in [3.63, 3.8) is 0 Å². The van der Waals surface area contributed by atoms with Crippen LogP contribution in [0.15, 0.2) is 43.0 Å². The van der Waals surface area contributed by atoms with Gasteiger partial charge in [-0.05, 0) is 81.8 Å². The molecule has 0 bridgehead atoms. The summed E-state index contributed by atoms with van der Waals surface area (Å²) < 4.78 is 5.86. The predicted molar refractivity (Wildman–Crippen MR) is 173 cm³/mol. The molecule has 6 rings (SSSR count). The molecule has 2 aliphatic heterocycles. The Morgan fingerprint density at radius 1 is 0.929 bits per heavy atom. The van der Waals surface area contributed by atoms with Gasteiger partial charge >= 0.3 is 0 Å². The van der Waals surface area contributed by atoms with Crippen LogP contribution < -0.4 is 25.6 Å². The summed E-state index contributed by atoms with van der Waals surface area (Å²) in [7, 11) is 1.26. The van der Waals surface area contributed by atoms with E-state index < -0.39 is 7.92 Å². The van der Waals surface area contributed by atoms with Gasteiger partial charge in [0.15, 0.2) is 0 Å². The first kappa shape index (κ1) is 28.5. The lowest BCUT2D eigenvalue weighted by atomic mass is 9.94. The maximum Gasteiger partial charge on any atom is 0.232 e. The van der Waals surface area contributed by atoms with E-state index in [2.05, 4.69) is 77.7 Å². The van der Waals surface area contributed by atoms with E-state index in [-0.39, 0.29) is 0 Å². The second kappa shape index (κ2) is 12.7. The lowest BCUT2D eigenvalue weighted by molar-refractivity contribution is 0.142. The van der Waals surface area contributed by atoms with Gasteiger partial charge in [-0.1, -0.05) is 14.8 Å². The number of anilines is 5. The standard InChI is InChI=1S/C31H40N9OP/c1-5-22-17-25(27(41-2)18-26(22)40-15-9-21(10-16-40)19-39-13-6-14-39)37-31-35-20-34-30(38-31)36-24-8-7-23-28(29(24)42(3)4)33-12-11-32-23/h7-8,11-12,17-18,20-21H,5-6,9-10,13-16,19H2,1-4H3,(H2,34,35,36,37,38). The zero-order valence-corrected chi connectivity index (χ0v) is 25.9. The number of hydrogen-bond donors (Lipinski definition) is 2. The molecule has 4 heterocycles. The smallest absolute Gasteiger partial charge is 0.232 e. The molecular weight excluding hydrogens is 545 g/mol. The third kappa shape index (κ3) is 6.10. The van der Waals surface area contributed by atoms with Crippen molar-refractivity contribution in [1.82, 2.24) is 29.8 Å². The van der Waals surface area contributed by atoms with Crippen molar-refractivity contribution in [3.8, 4) is 5.75 Å². The van der Waals surface area contributed by atoms with Gasteiger partial charge in [0.05, 0.1) is 29.5 Å². The fourth-order valence-electron chi connectivity index (χ4n) is 5.98. The monoisotopic (exact) mass is 585 g/mol. The second-order valence-electron chi connectivity index (χ2n) is 11.3. The topological polar surface area (TPSA) is 104 Å². The second-order valence-corrected chi connectivity index (χ2v) is 13.5. The minimum atomic E-state index is -0.460. The average Bonchev–Trinajstić information content (AvgIpc) is 2.99. The molecule has 0 radical (unpaired) electrons. The highest BCUT2D eigenvalue weighted by Gasteiger charge is 2.25. The van der Waals surface area contributed by atoms with E-state index in [0.29, 0.717) is 11.9 Å². The van der Waals surface area contributed by atoms with Gasteiger partial charge in [-0.3, -0.25) is 9.97 Å². The fourth-order valence-corrected chi connectivity index (χ4v) is 7.19. The molecule has 42 heavy (non-hydrogen) atoms. The molecule has 0 unspecified atom stereocenters. The third-order valence-corrected chi connectivity index (χ3v) is 9.67. The van der Waals surface area contributed by atoms with E-state index in [1.54, 1.807) is 19.5 Å². The average molecular weight is 586 g/mol. The molecule has 10 nitrogen and oxygen atoms in total. The number of ether oxygens (including phenoxy) is 1. The van der Waals surface area contributed by atoms with Gasteiger partial charge in [0.1, 0.15) is 12.1 Å². The molecule has 0 saturated carbocycles. The highest BCUT2D eigenvalue weighted by atomic mass is 31.1. The molecule has 0 spiro atoms. The van der Waals surface area contributed by atoms with Crippen LogP contribution in [0.1, 0.15) is 31.7 Å². The van der Waals surface area contributed by atoms with Crippen LogP contribution in [0.2, 0.25) is 0 Å². The number of benzene rings is 2. The number of nitrogens with one attached hydrogen (secondary N) is 2. The SMILES string of the molecule is CCc1cc(Nc2ncnc(Nc3ccc4nccnc4c3P(C)C)n2)c(OC)cc1N1CCC(CN2CCC2)CC1. The van der Waals surface area contributed by atoms with Crippen molar-refractivity contribution in [2.24, 2.45) is 5.92 Å². The van der Waals surface area contributed by atoms with Gasteiger partial charge in [-0.2, -0.15) is 4.98 Å². The number of methoxy groups -OCH3 is 1. The number of rotatable bonds is 10. The largest absolute Gasteiger partial charge is 0.494 e. The summed E-state index contributed by atoms with van der Waals surface area (Å²) in [6.45, 7) is 12.6. The third-order valence-electron chi connectivity index (χ3n) is 8.33. The zero-order valence-electron chi connectivity index (χ0n) is 25.0. The Hall–Kier alpha value is -3.62. The Morgan fingerprint density at radius 3 is 2.33 bits per heavy atom. The van der Waals surface area contributed by atoms with Gasteiger partial charge in [0.25, 0.3) is 0 Å². The van der Waals surface area contributed by atoms with Gasteiger partial charge in [0.2, 0.25) is 11.9 Å². The van der Waals surface area contributed by atoms with Crippen LogP contribution in [0, 0.1) is 5.92 Å². The van der Waals surface area contributed by atoms with Crippen LogP contribution >= 0.6 is 7.92 Å². The molecule has 2 saturated heterocycles. The van der Waals surface area contributed by atoms with E-state index in [4.69, 9.17) is 4.74 Å². The molecule has 220 valence electrons. The Bertz CT molecular complexity index is 1540. The highest BCUT2D eigenvalue weighted by Crippen LogP contribution is 2.37. The number of piperidine rings is 1. The maximum absolute atomic E-state index is 5.86. The molecule has 2 aromatic heterocycles. The van der Waals surface area contributed by atoms with Crippen molar-refractivity contribution in [2.45, 2.75) is 32.6 Å². The van der Waals surface area contributed by atoms with Gasteiger partial charge < -0.3 is 25.2 Å². The summed E-state index contributed by atoms with van der Waals surface area (Å²) in [6.07, 6.45) is 9.75. The molecule has 2 N–H and O–H groups in total. The predicted octanol–water partition coefficient (Wildman–Crippen LogP) is 5.16. The number of fused-ring (bicyclic) bond motifs is 1. The zero-order chi connectivity index (χ0) is 29.1. The number of hydrogen-bond acceptors (Lipinski definition) is 10. The van der Waals surface area contributed by atoms with Crippen LogP contribution in [0.25, 0.3) is 11.0 Å². The minimum Gasteiger partial charge on any atom is -0.494 e. The Morgan fingerprint density at radius 2 is 1.67 bits per heavy atom. The van der Waals surface area contributed by atoms with Crippen molar-refractivity contribution < 1.29 is 4.74 Å². The van der Waals surface area contributed by atoms with Crippen LogP contribution in [0.3, 0.4) is 0 Å². The quantitative estimate of drug-likeness (QED) is 0.243. The first-order chi connectivity index (χ1) is 20.5. The van der Waals surface area contributed by atoms with Crippen LogP contribution in [-0.4, -0.2) is 83.0 Å². The van der Waals surface area contributed by atoms with Gasteiger partial charge in [-0.25, -0.2) is 9.97 Å². The van der Waals surface area contributed by atoms with Crippen molar-refractivity contribution in [2.75, 3.05) is 68.7 Å². The Kier molecular flexibility index (Phi) is 8.63. The van der Waals surface area contributed by atoms with Gasteiger partial charge in [0, 0.05) is 49.1 Å². The van der Waals surface area contributed by atoms with Crippen LogP contribution in [0.5, 0.6) is 5.75 Å². The molecule has 4 aromatic rings. The summed E-state index contributed by atoms with van der Waals surface area (Å²) in [5, 5.41) is 7.94. The lowest BCUT2D eigenvalue weighted by Gasteiger charge is -2.39. The van der Waals surface area contributed by atoms with Crippen LogP contribution in [0.4, 0.5) is 29.0 Å². The Labute approximate surface area is 249 Å². The molecule has 2 fully saturated rings. The first-order valence-corrected chi connectivity index (χ1v) is 17.1. The molecule has 2 aliphatic rings. The molecule has 2 aromatic carbocycles. The molecule has 0 aliphatic carbocycles. The molecule has 0 atom stereocenters. The number of aryl methyl sites for hydroxylation is 1. The van der Waals surface area contributed by atoms with Crippen LogP contribution in [-0.2, 0) is 6.42 Å². The van der Waals surface area contributed by atoms with E-state index in [1.807, 2.05) is 12.1 Å². The summed E-state index contributed by atoms with van der Waals surface area (Å²) in [5.41, 5.74) is 6.11. The summed E-state index contributed by atoms with van der Waals surface area (Å²) in [4.78, 5) is 27.7. The fraction of sp³-hybridized carbons (Fsp3) is 0.452. The van der Waals surface area contributed by atoms with E-state index in [1.165, 1.54) is 56.5 Å². The lowest BCUT2D eigenvalue weighted by Crippen LogP contribution is -2.44. The van der Waals surface area contributed by atoms with E-state index in [0.717, 1.165) is 58.9 Å². The van der Waals surface area contributed by atoms with Gasteiger partial charge in [-0.15, -0.1) is 0 Å².